The Morgan fingerprint density at radius 2 is 1.93 bits per heavy atom. The van der Waals surface area contributed by atoms with E-state index < -0.39 is 0 Å². The second kappa shape index (κ2) is 10.2. The number of amides is 1. The highest BCUT2D eigenvalue weighted by atomic mass is 16.1. The predicted octanol–water partition coefficient (Wildman–Crippen LogP) is 3.38. The Kier molecular flexibility index (Phi) is 7.13. The van der Waals surface area contributed by atoms with Crippen molar-refractivity contribution in [2.75, 3.05) is 26.2 Å². The maximum Gasteiger partial charge on any atom is 0.224 e. The maximum atomic E-state index is 12.8. The topological polar surface area (TPSA) is 48.5 Å². The van der Waals surface area contributed by atoms with Gasteiger partial charge >= 0.3 is 0 Å². The first-order valence-electron chi connectivity index (χ1n) is 11.4. The third-order valence-corrected chi connectivity index (χ3v) is 6.74. The monoisotopic (exact) mass is 406 g/mol. The molecule has 2 saturated heterocycles. The summed E-state index contributed by atoms with van der Waals surface area (Å²) < 4.78 is 0. The molecule has 0 saturated carbocycles. The Morgan fingerprint density at radius 1 is 1.10 bits per heavy atom. The van der Waals surface area contributed by atoms with Gasteiger partial charge in [-0.05, 0) is 75.0 Å². The molecule has 2 aliphatic rings. The summed E-state index contributed by atoms with van der Waals surface area (Å²) in [6.45, 7) is 8.02. The van der Waals surface area contributed by atoms with Gasteiger partial charge in [0, 0.05) is 38.1 Å². The van der Waals surface area contributed by atoms with Gasteiger partial charge in [0.15, 0.2) is 0 Å². The molecule has 2 aliphatic heterocycles. The van der Waals surface area contributed by atoms with Crippen LogP contribution < -0.4 is 5.32 Å². The average Bonchev–Trinajstić information content (AvgIpc) is 2.80. The zero-order chi connectivity index (χ0) is 20.8. The normalized spacial score (nSPS) is 21.4. The molecule has 0 spiro atoms. The molecule has 1 atom stereocenters. The highest BCUT2D eigenvalue weighted by Crippen LogP contribution is 2.25. The average molecular weight is 407 g/mol. The van der Waals surface area contributed by atoms with Gasteiger partial charge in [-0.2, -0.15) is 0 Å². The van der Waals surface area contributed by atoms with Crippen LogP contribution >= 0.6 is 0 Å². The van der Waals surface area contributed by atoms with Crippen LogP contribution in [-0.4, -0.2) is 52.9 Å². The van der Waals surface area contributed by atoms with E-state index in [1.54, 1.807) is 0 Å². The Hall–Kier alpha value is -2.24. The number of benzene rings is 1. The first kappa shape index (κ1) is 21.0. The van der Waals surface area contributed by atoms with Gasteiger partial charge in [0.2, 0.25) is 5.91 Å². The van der Waals surface area contributed by atoms with Crippen LogP contribution in [0.5, 0.6) is 0 Å². The van der Waals surface area contributed by atoms with E-state index in [1.165, 1.54) is 29.5 Å². The summed E-state index contributed by atoms with van der Waals surface area (Å²) in [5, 5.41) is 3.19. The number of hydrogen-bond acceptors (Lipinski definition) is 4. The lowest BCUT2D eigenvalue weighted by atomic mass is 9.93. The second-order valence-corrected chi connectivity index (χ2v) is 8.85. The fourth-order valence-electron chi connectivity index (χ4n) is 4.88. The van der Waals surface area contributed by atoms with Crippen LogP contribution in [0.3, 0.4) is 0 Å². The van der Waals surface area contributed by atoms with E-state index in [0.29, 0.717) is 12.6 Å². The van der Waals surface area contributed by atoms with Gasteiger partial charge in [-0.3, -0.25) is 19.6 Å². The van der Waals surface area contributed by atoms with E-state index in [9.17, 15) is 4.79 Å². The fourth-order valence-corrected chi connectivity index (χ4v) is 4.88. The van der Waals surface area contributed by atoms with Gasteiger partial charge in [-0.25, -0.2) is 0 Å². The zero-order valence-corrected chi connectivity index (χ0v) is 18.1. The molecule has 30 heavy (non-hydrogen) atoms. The third kappa shape index (κ3) is 5.46. The van der Waals surface area contributed by atoms with Crippen molar-refractivity contribution in [2.24, 2.45) is 5.92 Å². The minimum Gasteiger partial charge on any atom is -0.352 e. The van der Waals surface area contributed by atoms with Crippen LogP contribution in [0, 0.1) is 12.8 Å². The molecule has 1 aromatic carbocycles. The number of rotatable bonds is 6. The van der Waals surface area contributed by atoms with Gasteiger partial charge in [0.05, 0.1) is 5.92 Å². The predicted molar refractivity (Wildman–Crippen MR) is 120 cm³/mol. The lowest BCUT2D eigenvalue weighted by molar-refractivity contribution is -0.127. The molecule has 0 unspecified atom stereocenters. The number of likely N-dealkylation sites (tertiary alicyclic amines) is 2. The molecule has 3 heterocycles. The van der Waals surface area contributed by atoms with Gasteiger partial charge in [-0.15, -0.1) is 0 Å². The van der Waals surface area contributed by atoms with E-state index in [1.807, 2.05) is 30.6 Å². The number of carbonyl (C=O) groups is 1. The molecule has 2 fully saturated rings. The van der Waals surface area contributed by atoms with Crippen molar-refractivity contribution in [3.8, 4) is 0 Å². The van der Waals surface area contributed by atoms with E-state index in [4.69, 9.17) is 0 Å². The smallest absolute Gasteiger partial charge is 0.224 e. The molecule has 0 bridgehead atoms. The first-order valence-corrected chi connectivity index (χ1v) is 11.4. The molecule has 2 aromatic rings. The van der Waals surface area contributed by atoms with Crippen LogP contribution in [0.2, 0.25) is 0 Å². The summed E-state index contributed by atoms with van der Waals surface area (Å²) in [5.74, 6) is 0.341. The summed E-state index contributed by atoms with van der Waals surface area (Å²) >= 11 is 0. The zero-order valence-electron chi connectivity index (χ0n) is 18.1. The SMILES string of the molecule is Cc1ccccc1CNC(=O)[C@@H]1CCCN(C2CCN(Cc3cccnc3)CC2)C1. The number of piperidine rings is 2. The highest BCUT2D eigenvalue weighted by Gasteiger charge is 2.31. The van der Waals surface area contributed by atoms with E-state index in [0.717, 1.165) is 45.6 Å². The van der Waals surface area contributed by atoms with Gasteiger partial charge in [0.25, 0.3) is 0 Å². The van der Waals surface area contributed by atoms with Crippen molar-refractivity contribution in [3.05, 3.63) is 65.5 Å². The molecular weight excluding hydrogens is 372 g/mol. The Bertz CT molecular complexity index is 817. The standard InChI is InChI=1S/C25H34N4O/c1-20-6-2-3-8-22(20)17-27-25(30)23-9-5-13-29(19-23)24-10-14-28(15-11-24)18-21-7-4-12-26-16-21/h2-4,6-8,12,16,23-24H,5,9-11,13-15,17-19H2,1H3,(H,27,30)/t23-/m1/s1. The number of carbonyl (C=O) groups excluding carboxylic acids is 1. The highest BCUT2D eigenvalue weighted by molar-refractivity contribution is 5.79. The molecule has 5 nitrogen and oxygen atoms in total. The van der Waals surface area contributed by atoms with Crippen molar-refractivity contribution in [1.82, 2.24) is 20.1 Å². The van der Waals surface area contributed by atoms with Crippen LogP contribution in [0.25, 0.3) is 0 Å². The van der Waals surface area contributed by atoms with E-state index >= 15 is 0 Å². The third-order valence-electron chi connectivity index (χ3n) is 6.74. The van der Waals surface area contributed by atoms with Crippen LogP contribution in [0.15, 0.2) is 48.8 Å². The van der Waals surface area contributed by atoms with Crippen molar-refractivity contribution in [1.29, 1.82) is 0 Å². The van der Waals surface area contributed by atoms with Crippen molar-refractivity contribution >= 4 is 5.91 Å². The summed E-state index contributed by atoms with van der Waals surface area (Å²) in [4.78, 5) is 22.2. The molecule has 1 amide bonds. The van der Waals surface area contributed by atoms with E-state index in [-0.39, 0.29) is 11.8 Å². The molecular formula is C25H34N4O. The Morgan fingerprint density at radius 3 is 2.70 bits per heavy atom. The Balaban J connectivity index is 1.24. The van der Waals surface area contributed by atoms with Gasteiger partial charge in [-0.1, -0.05) is 30.3 Å². The summed E-state index contributed by atoms with van der Waals surface area (Å²) in [5.41, 5.74) is 3.74. The quantitative estimate of drug-likeness (QED) is 0.799. The lowest BCUT2D eigenvalue weighted by Gasteiger charge is -2.42. The van der Waals surface area contributed by atoms with Crippen LogP contribution in [0.1, 0.15) is 42.4 Å². The second-order valence-electron chi connectivity index (χ2n) is 8.85. The molecule has 5 heteroatoms. The fraction of sp³-hybridized carbons (Fsp3) is 0.520. The molecule has 1 N–H and O–H groups in total. The van der Waals surface area contributed by atoms with Crippen molar-refractivity contribution in [3.63, 3.8) is 0 Å². The minimum absolute atomic E-state index is 0.121. The first-order chi connectivity index (χ1) is 14.7. The molecule has 160 valence electrons. The van der Waals surface area contributed by atoms with Gasteiger partial charge < -0.3 is 5.32 Å². The van der Waals surface area contributed by atoms with Crippen molar-refractivity contribution in [2.45, 2.75) is 51.7 Å². The molecule has 0 radical (unpaired) electrons. The molecule has 4 rings (SSSR count). The summed E-state index contributed by atoms with van der Waals surface area (Å²) in [6.07, 6.45) is 8.32. The maximum absolute atomic E-state index is 12.8. The molecule has 1 aromatic heterocycles. The summed E-state index contributed by atoms with van der Waals surface area (Å²) in [6, 6.07) is 13.1. The van der Waals surface area contributed by atoms with Crippen molar-refractivity contribution < 1.29 is 4.79 Å². The number of aromatic nitrogens is 1. The van der Waals surface area contributed by atoms with Crippen LogP contribution in [-0.2, 0) is 17.9 Å². The number of nitrogens with one attached hydrogen (secondary N) is 1. The minimum atomic E-state index is 0.121. The summed E-state index contributed by atoms with van der Waals surface area (Å²) in [7, 11) is 0. The lowest BCUT2D eigenvalue weighted by Crippen LogP contribution is -2.50. The number of nitrogens with zero attached hydrogens (tertiary/aromatic N) is 3. The molecule has 0 aliphatic carbocycles. The van der Waals surface area contributed by atoms with Gasteiger partial charge in [0.1, 0.15) is 0 Å². The van der Waals surface area contributed by atoms with E-state index in [2.05, 4.69) is 45.2 Å². The van der Waals surface area contributed by atoms with Crippen LogP contribution in [0.4, 0.5) is 0 Å². The Labute approximate surface area is 180 Å². The largest absolute Gasteiger partial charge is 0.352 e. The number of hydrogen-bond donors (Lipinski definition) is 1. The number of aryl methyl sites for hydroxylation is 1. The number of pyridine rings is 1.